The second-order valence-corrected chi connectivity index (χ2v) is 4.87. The van der Waals surface area contributed by atoms with Crippen LogP contribution in [0.3, 0.4) is 0 Å². The molecular formula is C13H13N7O2. The van der Waals surface area contributed by atoms with Gasteiger partial charge in [-0.2, -0.15) is 0 Å². The number of aliphatic imine (C=N–C) groups is 2. The van der Waals surface area contributed by atoms with Crippen LogP contribution in [0.5, 0.6) is 0 Å². The van der Waals surface area contributed by atoms with E-state index in [1.54, 1.807) is 30.5 Å². The normalized spacial score (nSPS) is 23.3. The molecule has 1 atom stereocenters. The van der Waals surface area contributed by atoms with Crippen molar-refractivity contribution in [3.63, 3.8) is 0 Å². The van der Waals surface area contributed by atoms with Crippen LogP contribution in [0.1, 0.15) is 5.76 Å². The smallest absolute Gasteiger partial charge is 0.345 e. The molecular weight excluding hydrogens is 286 g/mol. The van der Waals surface area contributed by atoms with Crippen molar-refractivity contribution in [1.82, 2.24) is 19.9 Å². The summed E-state index contributed by atoms with van der Waals surface area (Å²) in [6, 6.07) is 3.33. The molecule has 1 unspecified atom stereocenters. The van der Waals surface area contributed by atoms with Crippen LogP contribution in [-0.4, -0.2) is 51.5 Å². The van der Waals surface area contributed by atoms with Gasteiger partial charge in [-0.05, 0) is 12.1 Å². The van der Waals surface area contributed by atoms with E-state index in [-0.39, 0.29) is 6.03 Å². The third kappa shape index (κ3) is 1.42. The van der Waals surface area contributed by atoms with Gasteiger partial charge in [0.05, 0.1) is 6.26 Å². The highest BCUT2D eigenvalue weighted by molar-refractivity contribution is 6.12. The third-order valence-electron chi connectivity index (χ3n) is 3.70. The summed E-state index contributed by atoms with van der Waals surface area (Å²) in [5.74, 6) is 7.01. The molecule has 1 aromatic heterocycles. The standard InChI is InChI=1S/C13H13N7O2/c1-3-18-12-16-11-10(20(12)17(2)13(18)21)9(15-7-19(11)14)8-5-4-6-22-8/h3-7,12H,1,14H2,2H3. The molecule has 3 aliphatic rings. The van der Waals surface area contributed by atoms with Gasteiger partial charge in [0.2, 0.25) is 6.29 Å². The Morgan fingerprint density at radius 1 is 1.50 bits per heavy atom. The number of amidine groups is 1. The maximum absolute atomic E-state index is 12.2. The van der Waals surface area contributed by atoms with Crippen molar-refractivity contribution in [2.45, 2.75) is 6.29 Å². The minimum atomic E-state index is -0.558. The number of carbonyl (C=O) groups excluding carboxylic acids is 1. The van der Waals surface area contributed by atoms with Crippen LogP contribution in [0.4, 0.5) is 4.79 Å². The summed E-state index contributed by atoms with van der Waals surface area (Å²) in [5.41, 5.74) is 1.18. The molecule has 0 aromatic carbocycles. The number of nitrogens with two attached hydrogens (primary N) is 1. The fraction of sp³-hybridized carbons (Fsp3) is 0.154. The average molecular weight is 299 g/mol. The van der Waals surface area contributed by atoms with Gasteiger partial charge in [0.15, 0.2) is 11.6 Å². The first-order chi connectivity index (χ1) is 10.6. The zero-order chi connectivity index (χ0) is 15.4. The van der Waals surface area contributed by atoms with Gasteiger partial charge in [-0.25, -0.2) is 35.6 Å². The maximum atomic E-state index is 12.2. The topological polar surface area (TPSA) is 93.9 Å². The number of hydrazine groups is 2. The number of hydrogen-bond donors (Lipinski definition) is 1. The van der Waals surface area contributed by atoms with E-state index in [1.807, 2.05) is 0 Å². The first kappa shape index (κ1) is 12.7. The lowest BCUT2D eigenvalue weighted by Gasteiger charge is -2.28. The van der Waals surface area contributed by atoms with Crippen molar-refractivity contribution in [2.75, 3.05) is 7.05 Å². The number of amides is 2. The van der Waals surface area contributed by atoms with Crippen LogP contribution in [0.15, 0.2) is 51.3 Å². The predicted octanol–water partition coefficient (Wildman–Crippen LogP) is 0.589. The van der Waals surface area contributed by atoms with Crippen molar-refractivity contribution >= 4 is 23.9 Å². The van der Waals surface area contributed by atoms with Crippen molar-refractivity contribution in [1.29, 1.82) is 0 Å². The summed E-state index contributed by atoms with van der Waals surface area (Å²) in [4.78, 5) is 22.5. The fourth-order valence-corrected chi connectivity index (χ4v) is 2.69. The summed E-state index contributed by atoms with van der Waals surface area (Å²) in [5, 5.41) is 4.49. The third-order valence-corrected chi connectivity index (χ3v) is 3.70. The number of fused-ring (bicyclic) bond motifs is 3. The number of rotatable bonds is 2. The van der Waals surface area contributed by atoms with Crippen LogP contribution in [0.25, 0.3) is 5.70 Å². The van der Waals surface area contributed by atoms with E-state index >= 15 is 0 Å². The molecule has 2 N–H and O–H groups in total. The number of carbonyl (C=O) groups is 1. The molecule has 1 aromatic rings. The summed E-state index contributed by atoms with van der Waals surface area (Å²) in [7, 11) is 1.66. The highest BCUT2D eigenvalue weighted by Crippen LogP contribution is 2.38. The van der Waals surface area contributed by atoms with Gasteiger partial charge in [-0.3, -0.25) is 4.90 Å². The van der Waals surface area contributed by atoms with Gasteiger partial charge in [-0.1, -0.05) is 6.58 Å². The van der Waals surface area contributed by atoms with Crippen molar-refractivity contribution in [3.8, 4) is 0 Å². The zero-order valence-electron chi connectivity index (χ0n) is 11.7. The predicted molar refractivity (Wildman–Crippen MR) is 78.4 cm³/mol. The van der Waals surface area contributed by atoms with E-state index in [1.165, 1.54) is 27.5 Å². The molecule has 0 aliphatic carbocycles. The Morgan fingerprint density at radius 2 is 2.32 bits per heavy atom. The molecule has 0 radical (unpaired) electrons. The number of nitrogens with zero attached hydrogens (tertiary/aromatic N) is 6. The van der Waals surface area contributed by atoms with E-state index in [2.05, 4.69) is 16.6 Å². The molecule has 22 heavy (non-hydrogen) atoms. The Labute approximate surface area is 125 Å². The molecule has 0 spiro atoms. The molecule has 4 rings (SSSR count). The Hall–Kier alpha value is -3.07. The average Bonchev–Trinajstić information content (AvgIpc) is 3.19. The lowest BCUT2D eigenvalue weighted by molar-refractivity contribution is 0.0921. The van der Waals surface area contributed by atoms with E-state index in [0.29, 0.717) is 23.0 Å². The van der Waals surface area contributed by atoms with Crippen LogP contribution >= 0.6 is 0 Å². The van der Waals surface area contributed by atoms with Crippen molar-refractivity contribution < 1.29 is 9.21 Å². The van der Waals surface area contributed by atoms with Gasteiger partial charge in [-0.15, -0.1) is 0 Å². The van der Waals surface area contributed by atoms with Gasteiger partial charge in [0.1, 0.15) is 17.7 Å². The molecule has 0 saturated carbocycles. The van der Waals surface area contributed by atoms with E-state index in [0.717, 1.165) is 0 Å². The van der Waals surface area contributed by atoms with Crippen molar-refractivity contribution in [3.05, 3.63) is 42.6 Å². The van der Waals surface area contributed by atoms with E-state index in [4.69, 9.17) is 10.3 Å². The van der Waals surface area contributed by atoms with Crippen LogP contribution in [0.2, 0.25) is 0 Å². The Kier molecular flexibility index (Phi) is 2.42. The first-order valence-electron chi connectivity index (χ1n) is 6.55. The molecule has 1 fully saturated rings. The summed E-state index contributed by atoms with van der Waals surface area (Å²) in [6.45, 7) is 3.67. The number of urea groups is 1. The van der Waals surface area contributed by atoms with Gasteiger partial charge in [0, 0.05) is 13.2 Å². The highest BCUT2D eigenvalue weighted by atomic mass is 16.3. The maximum Gasteiger partial charge on any atom is 0.345 e. The fourth-order valence-electron chi connectivity index (χ4n) is 2.69. The Bertz CT molecular complexity index is 748. The minimum Gasteiger partial charge on any atom is -0.463 e. The monoisotopic (exact) mass is 299 g/mol. The van der Waals surface area contributed by atoms with Crippen LogP contribution in [0, 0.1) is 0 Å². The van der Waals surface area contributed by atoms with Gasteiger partial charge in [0.25, 0.3) is 0 Å². The molecule has 3 aliphatic heterocycles. The molecule has 1 saturated heterocycles. The Morgan fingerprint density at radius 3 is 3.00 bits per heavy atom. The van der Waals surface area contributed by atoms with Crippen molar-refractivity contribution in [2.24, 2.45) is 15.8 Å². The molecule has 2 amide bonds. The Balaban J connectivity index is 1.92. The molecule has 4 heterocycles. The summed E-state index contributed by atoms with van der Waals surface area (Å²) < 4.78 is 5.43. The number of hydrogen-bond acceptors (Lipinski definition) is 7. The second-order valence-electron chi connectivity index (χ2n) is 4.87. The van der Waals surface area contributed by atoms with Gasteiger partial charge < -0.3 is 4.42 Å². The van der Waals surface area contributed by atoms with Crippen LogP contribution in [-0.2, 0) is 0 Å². The van der Waals surface area contributed by atoms with E-state index < -0.39 is 6.29 Å². The molecule has 9 nitrogen and oxygen atoms in total. The lowest BCUT2D eigenvalue weighted by atomic mass is 10.2. The first-order valence-corrected chi connectivity index (χ1v) is 6.55. The number of furan rings is 1. The molecule has 0 bridgehead atoms. The van der Waals surface area contributed by atoms with E-state index in [9.17, 15) is 4.79 Å². The molecule has 112 valence electrons. The zero-order valence-corrected chi connectivity index (χ0v) is 11.7. The highest BCUT2D eigenvalue weighted by Gasteiger charge is 2.50. The SMILES string of the molecule is C=CN1C(=O)N(C)N2C3=C(c4ccco4)N=CN(N)C3=NC12. The summed E-state index contributed by atoms with van der Waals surface area (Å²) in [6.07, 6.45) is 3.91. The quantitative estimate of drug-likeness (QED) is 0.807. The second kappa shape index (κ2) is 4.21. The largest absolute Gasteiger partial charge is 0.463 e. The summed E-state index contributed by atoms with van der Waals surface area (Å²) >= 11 is 0. The lowest BCUT2D eigenvalue weighted by Crippen LogP contribution is -2.44. The molecule has 9 heteroatoms. The minimum absolute atomic E-state index is 0.229. The van der Waals surface area contributed by atoms with Gasteiger partial charge >= 0.3 is 6.03 Å². The van der Waals surface area contributed by atoms with Crippen LogP contribution < -0.4 is 5.84 Å².